The fourth-order valence-corrected chi connectivity index (χ4v) is 2.65. The zero-order chi connectivity index (χ0) is 13.0. The summed E-state index contributed by atoms with van der Waals surface area (Å²) < 4.78 is 0. The molecule has 4 nitrogen and oxygen atoms in total. The van der Waals surface area contributed by atoms with Gasteiger partial charge in [0.25, 0.3) is 5.56 Å². The Hall–Kier alpha value is -0.810. The Morgan fingerprint density at radius 2 is 2.06 bits per heavy atom. The van der Waals surface area contributed by atoms with Crippen LogP contribution in [0, 0.1) is 13.8 Å². The highest BCUT2D eigenvalue weighted by Gasteiger charge is 2.16. The lowest BCUT2D eigenvalue weighted by atomic mass is 10.1. The van der Waals surface area contributed by atoms with E-state index in [1.54, 1.807) is 18.7 Å². The van der Waals surface area contributed by atoms with Gasteiger partial charge in [-0.25, -0.2) is 4.98 Å². The van der Waals surface area contributed by atoms with Gasteiger partial charge in [-0.2, -0.15) is 11.8 Å². The van der Waals surface area contributed by atoms with Gasteiger partial charge in [0, 0.05) is 23.5 Å². The molecule has 0 spiro atoms. The lowest BCUT2D eigenvalue weighted by Crippen LogP contribution is -2.34. The van der Waals surface area contributed by atoms with E-state index < -0.39 is 0 Å². The summed E-state index contributed by atoms with van der Waals surface area (Å²) in [6, 6.07) is 0.397. The van der Waals surface area contributed by atoms with Crippen molar-refractivity contribution in [1.82, 2.24) is 15.3 Å². The van der Waals surface area contributed by atoms with E-state index in [-0.39, 0.29) is 11.6 Å². The summed E-state index contributed by atoms with van der Waals surface area (Å²) in [5, 5.41) is 3.42. The van der Waals surface area contributed by atoms with Crippen LogP contribution in [0.5, 0.6) is 0 Å². The summed E-state index contributed by atoms with van der Waals surface area (Å²) in [5.74, 6) is 1.70. The summed E-state index contributed by atoms with van der Waals surface area (Å²) in [5.41, 5.74) is 1.51. The minimum absolute atomic E-state index is 0.0222. The SMILES string of the molecule is CSCC(C)NC(C)c1c(C)nc(C)[nH]c1=O. The Bertz CT molecular complexity index is 430. The van der Waals surface area contributed by atoms with E-state index in [1.807, 2.05) is 13.8 Å². The number of nitrogens with one attached hydrogen (secondary N) is 2. The topological polar surface area (TPSA) is 57.8 Å². The Balaban J connectivity index is 2.89. The van der Waals surface area contributed by atoms with Crippen LogP contribution < -0.4 is 10.9 Å². The average Bonchev–Trinajstić information content (AvgIpc) is 2.15. The quantitative estimate of drug-likeness (QED) is 0.842. The molecule has 0 saturated carbocycles. The summed E-state index contributed by atoms with van der Waals surface area (Å²) >= 11 is 1.79. The molecule has 0 saturated heterocycles. The summed E-state index contributed by atoms with van der Waals surface area (Å²) in [6.07, 6.45) is 2.08. The number of aromatic nitrogens is 2. The zero-order valence-corrected chi connectivity index (χ0v) is 11.9. The first-order valence-electron chi connectivity index (χ1n) is 5.78. The fourth-order valence-electron chi connectivity index (χ4n) is 2.05. The monoisotopic (exact) mass is 255 g/mol. The standard InChI is InChI=1S/C12H21N3OS/c1-7(6-17-5)13-8(2)11-9(3)14-10(4)15-12(11)16/h7-8,13H,6H2,1-5H3,(H,14,15,16). The first-order chi connectivity index (χ1) is 7.95. The molecule has 2 unspecified atom stereocenters. The number of hydrogen-bond donors (Lipinski definition) is 2. The number of rotatable bonds is 5. The van der Waals surface area contributed by atoms with Crippen LogP contribution in [-0.2, 0) is 0 Å². The largest absolute Gasteiger partial charge is 0.310 e. The Kier molecular flexibility index (Phi) is 5.21. The molecule has 1 rings (SSSR count). The molecule has 1 aromatic heterocycles. The highest BCUT2D eigenvalue weighted by molar-refractivity contribution is 7.98. The van der Waals surface area contributed by atoms with Gasteiger partial charge in [0.2, 0.25) is 0 Å². The molecule has 17 heavy (non-hydrogen) atoms. The molecule has 96 valence electrons. The number of aryl methyl sites for hydroxylation is 2. The number of H-pyrrole nitrogens is 1. The number of aromatic amines is 1. The summed E-state index contributed by atoms with van der Waals surface area (Å²) in [4.78, 5) is 19.0. The molecule has 1 heterocycles. The second kappa shape index (κ2) is 6.21. The third-order valence-corrected chi connectivity index (χ3v) is 3.48. The first-order valence-corrected chi connectivity index (χ1v) is 7.17. The van der Waals surface area contributed by atoms with Gasteiger partial charge in [0.1, 0.15) is 5.82 Å². The molecule has 0 amide bonds. The van der Waals surface area contributed by atoms with Gasteiger partial charge in [0.05, 0.1) is 5.56 Å². The average molecular weight is 255 g/mol. The minimum atomic E-state index is -0.0358. The lowest BCUT2D eigenvalue weighted by molar-refractivity contribution is 0.504. The van der Waals surface area contributed by atoms with E-state index in [1.165, 1.54) is 0 Å². The molecule has 0 aromatic carbocycles. The van der Waals surface area contributed by atoms with Crippen molar-refractivity contribution in [3.8, 4) is 0 Å². The van der Waals surface area contributed by atoms with Crippen molar-refractivity contribution in [3.05, 3.63) is 27.4 Å². The number of nitrogens with zero attached hydrogens (tertiary/aromatic N) is 1. The number of hydrogen-bond acceptors (Lipinski definition) is 4. The van der Waals surface area contributed by atoms with Crippen LogP contribution in [-0.4, -0.2) is 28.0 Å². The molecule has 0 radical (unpaired) electrons. The molecule has 0 fully saturated rings. The molecule has 2 atom stereocenters. The highest BCUT2D eigenvalue weighted by atomic mass is 32.2. The third kappa shape index (κ3) is 3.85. The van der Waals surface area contributed by atoms with E-state index in [9.17, 15) is 4.79 Å². The van der Waals surface area contributed by atoms with Crippen molar-refractivity contribution in [3.63, 3.8) is 0 Å². The molecular weight excluding hydrogens is 234 g/mol. The van der Waals surface area contributed by atoms with Crippen LogP contribution in [0.2, 0.25) is 0 Å². The molecule has 1 aromatic rings. The van der Waals surface area contributed by atoms with E-state index in [0.717, 1.165) is 17.0 Å². The fraction of sp³-hybridized carbons (Fsp3) is 0.667. The van der Waals surface area contributed by atoms with Crippen LogP contribution in [0.3, 0.4) is 0 Å². The van der Waals surface area contributed by atoms with Gasteiger partial charge < -0.3 is 10.3 Å². The van der Waals surface area contributed by atoms with Gasteiger partial charge in [-0.3, -0.25) is 4.79 Å². The molecule has 0 bridgehead atoms. The van der Waals surface area contributed by atoms with E-state index in [4.69, 9.17) is 0 Å². The Morgan fingerprint density at radius 3 is 2.59 bits per heavy atom. The van der Waals surface area contributed by atoms with Crippen molar-refractivity contribution in [2.24, 2.45) is 0 Å². The van der Waals surface area contributed by atoms with Crippen LogP contribution in [0.4, 0.5) is 0 Å². The van der Waals surface area contributed by atoms with Crippen LogP contribution in [0.1, 0.15) is 37.0 Å². The van der Waals surface area contributed by atoms with Crippen LogP contribution in [0.15, 0.2) is 4.79 Å². The van der Waals surface area contributed by atoms with Gasteiger partial charge >= 0.3 is 0 Å². The Labute approximate surface area is 107 Å². The van der Waals surface area contributed by atoms with Crippen LogP contribution in [0.25, 0.3) is 0 Å². The third-order valence-electron chi connectivity index (χ3n) is 2.65. The summed E-state index contributed by atoms with van der Waals surface area (Å²) in [6.45, 7) is 7.81. The van der Waals surface area contributed by atoms with Crippen molar-refractivity contribution in [2.75, 3.05) is 12.0 Å². The zero-order valence-electron chi connectivity index (χ0n) is 11.1. The van der Waals surface area contributed by atoms with Gasteiger partial charge in [-0.05, 0) is 34.0 Å². The second-order valence-electron chi connectivity index (χ2n) is 4.40. The normalized spacial score (nSPS) is 14.6. The maximum absolute atomic E-state index is 11.9. The minimum Gasteiger partial charge on any atom is -0.310 e. The first kappa shape index (κ1) is 14.3. The second-order valence-corrected chi connectivity index (χ2v) is 5.31. The summed E-state index contributed by atoms with van der Waals surface area (Å²) in [7, 11) is 0. The maximum Gasteiger partial charge on any atom is 0.255 e. The predicted molar refractivity (Wildman–Crippen MR) is 73.7 cm³/mol. The number of thioether (sulfide) groups is 1. The smallest absolute Gasteiger partial charge is 0.255 e. The molecule has 0 aliphatic heterocycles. The van der Waals surface area contributed by atoms with Crippen LogP contribution >= 0.6 is 11.8 Å². The van der Waals surface area contributed by atoms with Gasteiger partial charge in [-0.15, -0.1) is 0 Å². The maximum atomic E-state index is 11.9. The van der Waals surface area contributed by atoms with Crippen molar-refractivity contribution >= 4 is 11.8 Å². The Morgan fingerprint density at radius 1 is 1.41 bits per heavy atom. The predicted octanol–water partition coefficient (Wildman–Crippen LogP) is 1.79. The van der Waals surface area contributed by atoms with E-state index in [2.05, 4.69) is 28.5 Å². The van der Waals surface area contributed by atoms with Crippen molar-refractivity contribution < 1.29 is 0 Å². The molecule has 0 aliphatic carbocycles. The highest BCUT2D eigenvalue weighted by Crippen LogP contribution is 2.12. The van der Waals surface area contributed by atoms with E-state index in [0.29, 0.717) is 11.9 Å². The molecule has 0 aliphatic rings. The van der Waals surface area contributed by atoms with Crippen molar-refractivity contribution in [1.29, 1.82) is 0 Å². The molecular formula is C12H21N3OS. The van der Waals surface area contributed by atoms with Gasteiger partial charge in [-0.1, -0.05) is 0 Å². The van der Waals surface area contributed by atoms with Crippen molar-refractivity contribution in [2.45, 2.75) is 39.8 Å². The van der Waals surface area contributed by atoms with Gasteiger partial charge in [0.15, 0.2) is 0 Å². The molecule has 2 N–H and O–H groups in total. The molecule has 5 heteroatoms. The lowest BCUT2D eigenvalue weighted by Gasteiger charge is -2.20. The van der Waals surface area contributed by atoms with E-state index >= 15 is 0 Å².